The lowest BCUT2D eigenvalue weighted by atomic mass is 10.1. The van der Waals surface area contributed by atoms with Crippen LogP contribution in [0.2, 0.25) is 0 Å². The number of hydrazine groups is 1. The van der Waals surface area contributed by atoms with Crippen LogP contribution in [0.25, 0.3) is 11.3 Å². The number of H-pyrrole nitrogens is 1. The van der Waals surface area contributed by atoms with Gasteiger partial charge in [0.2, 0.25) is 11.8 Å². The van der Waals surface area contributed by atoms with E-state index >= 15 is 0 Å². The summed E-state index contributed by atoms with van der Waals surface area (Å²) in [5.41, 5.74) is 6.52. The van der Waals surface area contributed by atoms with Crippen molar-refractivity contribution >= 4 is 46.0 Å². The van der Waals surface area contributed by atoms with Crippen molar-refractivity contribution in [2.45, 2.75) is 19.3 Å². The monoisotopic (exact) mass is 417 g/mol. The number of nitrogens with one attached hydrogen (secondary N) is 3. The van der Waals surface area contributed by atoms with Crippen molar-refractivity contribution in [2.24, 2.45) is 0 Å². The topological polar surface area (TPSA) is 107 Å². The molecule has 1 aliphatic heterocycles. The summed E-state index contributed by atoms with van der Waals surface area (Å²) in [5.74, 6) is -0.375. The Morgan fingerprint density at radius 1 is 1.21 bits per heavy atom. The molecule has 1 saturated heterocycles. The number of hydrogen-bond donors (Lipinski definition) is 3. The Morgan fingerprint density at radius 2 is 2.00 bits per heavy atom. The molecule has 2 heterocycles. The summed E-state index contributed by atoms with van der Waals surface area (Å²) in [4.78, 5) is 37.2. The molecule has 3 rings (SSSR count). The molecule has 1 aliphatic rings. The molecule has 146 valence electrons. The Kier molecular flexibility index (Phi) is 6.77. The lowest BCUT2D eigenvalue weighted by Crippen LogP contribution is -2.41. The number of unbranched alkanes of at least 4 members (excludes halogenated alkanes) is 1. The van der Waals surface area contributed by atoms with Gasteiger partial charge in [-0.05, 0) is 18.9 Å². The molecule has 0 saturated carbocycles. The molecular formula is C18H19N5O3S2. The zero-order valence-corrected chi connectivity index (χ0v) is 16.6. The van der Waals surface area contributed by atoms with E-state index in [9.17, 15) is 14.4 Å². The molecule has 0 bridgehead atoms. The van der Waals surface area contributed by atoms with Gasteiger partial charge in [0.15, 0.2) is 0 Å². The first kappa shape index (κ1) is 20.0. The minimum Gasteiger partial charge on any atom is -0.297 e. The molecule has 0 radical (unpaired) electrons. The smallest absolute Gasteiger partial charge is 0.287 e. The quantitative estimate of drug-likeness (QED) is 0.361. The highest BCUT2D eigenvalue weighted by atomic mass is 32.2. The van der Waals surface area contributed by atoms with Crippen LogP contribution in [-0.2, 0) is 9.59 Å². The lowest BCUT2D eigenvalue weighted by Gasteiger charge is -2.14. The van der Waals surface area contributed by atoms with E-state index in [0.29, 0.717) is 35.2 Å². The summed E-state index contributed by atoms with van der Waals surface area (Å²) in [7, 11) is 0. The van der Waals surface area contributed by atoms with Crippen molar-refractivity contribution in [1.29, 1.82) is 0 Å². The molecule has 0 spiro atoms. The number of hydrogen-bond acceptors (Lipinski definition) is 6. The van der Waals surface area contributed by atoms with Crippen LogP contribution in [0.5, 0.6) is 0 Å². The minimum atomic E-state index is -0.479. The molecule has 3 amide bonds. The second-order valence-corrected chi connectivity index (χ2v) is 7.70. The van der Waals surface area contributed by atoms with E-state index in [4.69, 9.17) is 12.2 Å². The third-order valence-corrected chi connectivity index (χ3v) is 5.52. The Morgan fingerprint density at radius 3 is 2.71 bits per heavy atom. The lowest BCUT2D eigenvalue weighted by molar-refractivity contribution is -0.124. The van der Waals surface area contributed by atoms with Gasteiger partial charge in [-0.2, -0.15) is 5.10 Å². The predicted molar refractivity (Wildman–Crippen MR) is 110 cm³/mol. The summed E-state index contributed by atoms with van der Waals surface area (Å²) in [5, 5.41) is 6.76. The largest absolute Gasteiger partial charge is 0.297 e. The molecule has 28 heavy (non-hydrogen) atoms. The van der Waals surface area contributed by atoms with Crippen molar-refractivity contribution in [3.05, 3.63) is 42.1 Å². The molecule has 1 aromatic heterocycles. The fourth-order valence-corrected chi connectivity index (χ4v) is 3.73. The highest BCUT2D eigenvalue weighted by molar-refractivity contribution is 8.23. The Balaban J connectivity index is 1.37. The van der Waals surface area contributed by atoms with Crippen molar-refractivity contribution in [2.75, 3.05) is 12.3 Å². The normalized spacial score (nSPS) is 13.6. The van der Waals surface area contributed by atoms with Gasteiger partial charge in [0.05, 0.1) is 11.4 Å². The van der Waals surface area contributed by atoms with Gasteiger partial charge in [-0.25, -0.2) is 0 Å². The van der Waals surface area contributed by atoms with Crippen molar-refractivity contribution in [1.82, 2.24) is 25.9 Å². The van der Waals surface area contributed by atoms with Gasteiger partial charge in [-0.15, -0.1) is 0 Å². The van der Waals surface area contributed by atoms with E-state index in [2.05, 4.69) is 21.0 Å². The molecule has 8 nitrogen and oxygen atoms in total. The molecule has 0 aliphatic carbocycles. The second-order valence-electron chi connectivity index (χ2n) is 6.09. The molecule has 1 aromatic carbocycles. The van der Waals surface area contributed by atoms with Gasteiger partial charge in [0, 0.05) is 18.5 Å². The van der Waals surface area contributed by atoms with Crippen LogP contribution in [-0.4, -0.2) is 49.4 Å². The number of thioether (sulfide) groups is 1. The van der Waals surface area contributed by atoms with Gasteiger partial charge in [0.25, 0.3) is 5.91 Å². The number of nitrogens with zero attached hydrogens (tertiary/aromatic N) is 2. The molecule has 3 N–H and O–H groups in total. The van der Waals surface area contributed by atoms with Gasteiger partial charge in [-0.3, -0.25) is 35.2 Å². The number of amides is 3. The Bertz CT molecular complexity index is 868. The van der Waals surface area contributed by atoms with Crippen molar-refractivity contribution < 1.29 is 14.4 Å². The van der Waals surface area contributed by atoms with Gasteiger partial charge in [0.1, 0.15) is 10.0 Å². The maximum absolute atomic E-state index is 12.1. The molecular weight excluding hydrogens is 398 g/mol. The van der Waals surface area contributed by atoms with Crippen LogP contribution in [0.3, 0.4) is 0 Å². The average molecular weight is 418 g/mol. The molecule has 0 atom stereocenters. The number of carbonyl (C=O) groups is 3. The molecule has 0 unspecified atom stereocenters. The minimum absolute atomic E-state index is 0.0149. The first-order chi connectivity index (χ1) is 13.5. The van der Waals surface area contributed by atoms with Crippen LogP contribution in [0.4, 0.5) is 0 Å². The summed E-state index contributed by atoms with van der Waals surface area (Å²) >= 11 is 6.46. The molecule has 1 fully saturated rings. The standard InChI is InChI=1S/C18H19N5O3S2/c24-15(8-4-5-9-23-16(25)11-28-18(23)27)21-22-17(26)14-10-13(19-20-14)12-6-2-1-3-7-12/h1-3,6-7,10H,4-5,8-9,11H2,(H,19,20)(H,21,24)(H,22,26). The van der Waals surface area contributed by atoms with Crippen LogP contribution in [0, 0.1) is 0 Å². The first-order valence-corrected chi connectivity index (χ1v) is 10.1. The zero-order valence-electron chi connectivity index (χ0n) is 14.9. The summed E-state index contributed by atoms with van der Waals surface area (Å²) in [6, 6.07) is 11.1. The third-order valence-electron chi connectivity index (χ3n) is 4.08. The van der Waals surface area contributed by atoms with Crippen molar-refractivity contribution in [3.63, 3.8) is 0 Å². The van der Waals surface area contributed by atoms with Crippen LogP contribution >= 0.6 is 24.0 Å². The SMILES string of the molecule is O=C(CCCCN1C(=O)CSC1=S)NNC(=O)c1cc(-c2ccccc2)n[nH]1. The fraction of sp³-hybridized carbons (Fsp3) is 0.278. The van der Waals surface area contributed by atoms with E-state index < -0.39 is 5.91 Å². The van der Waals surface area contributed by atoms with Crippen LogP contribution in [0.1, 0.15) is 29.8 Å². The van der Waals surface area contributed by atoms with E-state index in [1.807, 2.05) is 30.3 Å². The summed E-state index contributed by atoms with van der Waals surface area (Å²) < 4.78 is 0.594. The van der Waals surface area contributed by atoms with E-state index in [1.165, 1.54) is 11.8 Å². The van der Waals surface area contributed by atoms with Gasteiger partial charge >= 0.3 is 0 Å². The van der Waals surface area contributed by atoms with Gasteiger partial charge < -0.3 is 0 Å². The molecule has 10 heteroatoms. The third kappa shape index (κ3) is 5.17. The number of aromatic nitrogens is 2. The van der Waals surface area contributed by atoms with E-state index in [1.54, 1.807) is 11.0 Å². The van der Waals surface area contributed by atoms with E-state index in [-0.39, 0.29) is 23.9 Å². The first-order valence-electron chi connectivity index (χ1n) is 8.72. The highest BCUT2D eigenvalue weighted by Crippen LogP contribution is 2.19. The number of rotatable bonds is 7. The van der Waals surface area contributed by atoms with Crippen LogP contribution < -0.4 is 10.9 Å². The van der Waals surface area contributed by atoms with Crippen LogP contribution in [0.15, 0.2) is 36.4 Å². The maximum atomic E-state index is 12.1. The number of carbonyl (C=O) groups excluding carboxylic acids is 3. The summed E-state index contributed by atoms with van der Waals surface area (Å²) in [6.45, 7) is 0.515. The zero-order chi connectivity index (χ0) is 19.9. The average Bonchev–Trinajstić information content (AvgIpc) is 3.32. The highest BCUT2D eigenvalue weighted by Gasteiger charge is 2.25. The number of benzene rings is 1. The Hall–Kier alpha value is -2.72. The van der Waals surface area contributed by atoms with Crippen molar-refractivity contribution in [3.8, 4) is 11.3 Å². The van der Waals surface area contributed by atoms with Gasteiger partial charge in [-0.1, -0.05) is 54.3 Å². The maximum Gasteiger partial charge on any atom is 0.287 e. The summed E-state index contributed by atoms with van der Waals surface area (Å²) in [6.07, 6.45) is 1.48. The Labute approximate surface area is 171 Å². The van der Waals surface area contributed by atoms with E-state index in [0.717, 1.165) is 5.56 Å². The molecule has 2 aromatic rings. The predicted octanol–water partition coefficient (Wildman–Crippen LogP) is 1.87. The second kappa shape index (κ2) is 9.47. The fourth-order valence-electron chi connectivity index (χ4n) is 2.60. The number of thiocarbonyl (C=S) groups is 1. The number of aromatic amines is 1.